The molecule has 0 rings (SSSR count). The molecule has 3 N–H and O–H groups in total. The van der Waals surface area contributed by atoms with E-state index in [0.717, 1.165) is 0 Å². The lowest BCUT2D eigenvalue weighted by Gasteiger charge is -1.69. The summed E-state index contributed by atoms with van der Waals surface area (Å²) < 4.78 is 25.9. The van der Waals surface area contributed by atoms with Crippen LogP contribution in [-0.2, 0) is 10.1 Å². The van der Waals surface area contributed by atoms with E-state index in [-0.39, 0.29) is 0 Å². The fraction of sp³-hybridized carbons (Fsp3) is 1.00. The van der Waals surface area contributed by atoms with Crippen molar-refractivity contribution < 1.29 is 23.5 Å². The molecule has 0 atom stereocenters. The highest BCUT2D eigenvalue weighted by Gasteiger charge is 1.81. The van der Waals surface area contributed by atoms with E-state index in [1.165, 1.54) is 0 Å². The van der Waals surface area contributed by atoms with Gasteiger partial charge in [0, 0.05) is 0 Å². The fourth-order valence-electron chi connectivity index (χ4n) is 0. The third kappa shape index (κ3) is 2960. The Kier molecular flexibility index (Phi) is 5.69. The highest BCUT2D eigenvalue weighted by Crippen LogP contribution is 1.60. The van der Waals surface area contributed by atoms with Crippen molar-refractivity contribution in [1.29, 1.82) is 0 Å². The van der Waals surface area contributed by atoms with Gasteiger partial charge in [0.1, 0.15) is 0 Å². The molecule has 7 heavy (non-hydrogen) atoms. The van der Waals surface area contributed by atoms with E-state index >= 15 is 0 Å². The van der Waals surface area contributed by atoms with Crippen LogP contribution >= 0.6 is 0 Å². The minimum absolute atomic E-state index is 0.715. The molecular formula is CH6O5S. The molecule has 0 unspecified atom stereocenters. The topological polar surface area (TPSA) is 94.8 Å². The summed E-state index contributed by atoms with van der Waals surface area (Å²) in [5.74, 6) is 0. The van der Waals surface area contributed by atoms with Gasteiger partial charge < -0.3 is 0 Å². The molecule has 0 radical (unpaired) electrons. The van der Waals surface area contributed by atoms with Crippen molar-refractivity contribution in [3.05, 3.63) is 0 Å². The molecule has 6 heteroatoms. The average molecular weight is 130 g/mol. The van der Waals surface area contributed by atoms with Gasteiger partial charge in [0.2, 0.25) is 0 Å². The summed E-state index contributed by atoms with van der Waals surface area (Å²) in [5, 5.41) is 12.0. The van der Waals surface area contributed by atoms with E-state index in [1.54, 1.807) is 0 Å². The molecule has 0 aliphatic heterocycles. The first kappa shape index (κ1) is 9.95. The SMILES string of the molecule is CS(=O)(=O)O.OO. The minimum atomic E-state index is -3.67. The van der Waals surface area contributed by atoms with Crippen molar-refractivity contribution in [1.82, 2.24) is 0 Å². The molecule has 0 saturated heterocycles. The molecule has 46 valence electrons. The molecule has 0 amide bonds. The van der Waals surface area contributed by atoms with Gasteiger partial charge in [-0.05, 0) is 0 Å². The van der Waals surface area contributed by atoms with Crippen LogP contribution in [0.4, 0.5) is 0 Å². The van der Waals surface area contributed by atoms with Crippen molar-refractivity contribution >= 4 is 10.1 Å². The van der Waals surface area contributed by atoms with Crippen LogP contribution in [0.2, 0.25) is 0 Å². The van der Waals surface area contributed by atoms with Crippen LogP contribution in [0, 0.1) is 0 Å². The molecule has 0 aromatic rings. The first-order chi connectivity index (χ1) is 3.00. The van der Waals surface area contributed by atoms with Crippen molar-refractivity contribution in [2.24, 2.45) is 0 Å². The van der Waals surface area contributed by atoms with Crippen molar-refractivity contribution in [2.45, 2.75) is 0 Å². The summed E-state index contributed by atoms with van der Waals surface area (Å²) in [6.07, 6.45) is 0.715. The van der Waals surface area contributed by atoms with Crippen LogP contribution in [0.15, 0.2) is 0 Å². The van der Waals surface area contributed by atoms with Crippen LogP contribution in [0.3, 0.4) is 0 Å². The molecule has 0 spiro atoms. The lowest BCUT2D eigenvalue weighted by Crippen LogP contribution is -1.88. The first-order valence-corrected chi connectivity index (χ1v) is 2.97. The van der Waals surface area contributed by atoms with Gasteiger partial charge in [-0.3, -0.25) is 15.1 Å². The van der Waals surface area contributed by atoms with Gasteiger partial charge in [-0.2, -0.15) is 8.42 Å². The number of hydrogen-bond donors (Lipinski definition) is 3. The van der Waals surface area contributed by atoms with Crippen LogP contribution in [0.5, 0.6) is 0 Å². The predicted octanol–water partition coefficient (Wildman–Crippen LogP) is -0.479. The highest BCUT2D eigenvalue weighted by atomic mass is 32.2. The predicted molar refractivity (Wildman–Crippen MR) is 22.7 cm³/mol. The smallest absolute Gasteiger partial charge is 0.261 e. The maximum atomic E-state index is 9.19. The second-order valence-electron chi connectivity index (χ2n) is 0.733. The van der Waals surface area contributed by atoms with Crippen LogP contribution < -0.4 is 0 Å². The molecule has 0 heterocycles. The van der Waals surface area contributed by atoms with Crippen molar-refractivity contribution in [2.75, 3.05) is 6.26 Å². The van der Waals surface area contributed by atoms with Gasteiger partial charge in [-0.15, -0.1) is 0 Å². The zero-order chi connectivity index (χ0) is 6.50. The molecule has 0 bridgehead atoms. The molecule has 5 nitrogen and oxygen atoms in total. The normalized spacial score (nSPS) is 9.14. The third-order valence-electron chi connectivity index (χ3n) is 0. The summed E-state index contributed by atoms with van der Waals surface area (Å²) in [7, 11) is -3.67. The summed E-state index contributed by atoms with van der Waals surface area (Å²) in [5.41, 5.74) is 0. The van der Waals surface area contributed by atoms with Gasteiger partial charge in [-0.1, -0.05) is 0 Å². The first-order valence-electron chi connectivity index (χ1n) is 1.12. The molecule has 0 aliphatic carbocycles. The molecule has 0 fully saturated rings. The Balaban J connectivity index is 0. The Labute approximate surface area is 40.9 Å². The van der Waals surface area contributed by atoms with Crippen LogP contribution in [-0.4, -0.2) is 29.7 Å². The summed E-state index contributed by atoms with van der Waals surface area (Å²) >= 11 is 0. The standard InChI is InChI=1S/CH4O3S.H2O2/c1-5(2,3)4;1-2/h1H3,(H,2,3,4);1-2H. The van der Waals surface area contributed by atoms with E-state index in [0.29, 0.717) is 6.26 Å². The molecule has 0 aliphatic rings. The number of hydrogen-bond acceptors (Lipinski definition) is 4. The van der Waals surface area contributed by atoms with Gasteiger partial charge in [-0.25, -0.2) is 0 Å². The molecule has 0 aromatic carbocycles. The van der Waals surface area contributed by atoms with E-state index in [1.807, 2.05) is 0 Å². The lowest BCUT2D eigenvalue weighted by molar-refractivity contribution is -0.176. The fourth-order valence-corrected chi connectivity index (χ4v) is 0. The number of rotatable bonds is 0. The van der Waals surface area contributed by atoms with E-state index in [9.17, 15) is 8.42 Å². The monoisotopic (exact) mass is 130 g/mol. The second kappa shape index (κ2) is 4.00. The van der Waals surface area contributed by atoms with E-state index in [2.05, 4.69) is 0 Å². The summed E-state index contributed by atoms with van der Waals surface area (Å²) in [4.78, 5) is 0. The van der Waals surface area contributed by atoms with Gasteiger partial charge in [0.15, 0.2) is 0 Å². The van der Waals surface area contributed by atoms with Gasteiger partial charge >= 0.3 is 0 Å². The van der Waals surface area contributed by atoms with Gasteiger partial charge in [0.05, 0.1) is 6.26 Å². The van der Waals surface area contributed by atoms with E-state index < -0.39 is 10.1 Å². The van der Waals surface area contributed by atoms with Crippen molar-refractivity contribution in [3.8, 4) is 0 Å². The Bertz CT molecular complexity index is 91.2. The highest BCUT2D eigenvalue weighted by molar-refractivity contribution is 7.85. The zero-order valence-electron chi connectivity index (χ0n) is 3.57. The zero-order valence-corrected chi connectivity index (χ0v) is 4.38. The Morgan fingerprint density at radius 2 is 1.29 bits per heavy atom. The second-order valence-corrected chi connectivity index (χ2v) is 2.20. The molecule has 0 saturated carbocycles. The Hall–Kier alpha value is -0.170. The molecular weight excluding hydrogens is 124 g/mol. The summed E-state index contributed by atoms with van der Waals surface area (Å²) in [6.45, 7) is 0. The maximum absolute atomic E-state index is 9.19. The van der Waals surface area contributed by atoms with E-state index in [4.69, 9.17) is 15.1 Å². The summed E-state index contributed by atoms with van der Waals surface area (Å²) in [6, 6.07) is 0. The third-order valence-corrected chi connectivity index (χ3v) is 0. The average Bonchev–Trinajstić information content (AvgIpc) is 1.36. The molecule has 0 aromatic heterocycles. The Morgan fingerprint density at radius 3 is 1.29 bits per heavy atom. The quantitative estimate of drug-likeness (QED) is 0.234. The Morgan fingerprint density at radius 1 is 1.29 bits per heavy atom. The van der Waals surface area contributed by atoms with Crippen LogP contribution in [0.1, 0.15) is 0 Å². The lowest BCUT2D eigenvalue weighted by atomic mass is 12.0. The van der Waals surface area contributed by atoms with Crippen molar-refractivity contribution in [3.63, 3.8) is 0 Å². The minimum Gasteiger partial charge on any atom is -0.286 e. The van der Waals surface area contributed by atoms with Crippen LogP contribution in [0.25, 0.3) is 0 Å². The largest absolute Gasteiger partial charge is 0.286 e. The maximum Gasteiger partial charge on any atom is 0.261 e. The van der Waals surface area contributed by atoms with Gasteiger partial charge in [0.25, 0.3) is 10.1 Å².